The van der Waals surface area contributed by atoms with Gasteiger partial charge in [0.2, 0.25) is 0 Å². The zero-order chi connectivity index (χ0) is 15.8. The van der Waals surface area contributed by atoms with Gasteiger partial charge in [-0.1, -0.05) is 12.1 Å². The van der Waals surface area contributed by atoms with E-state index in [0.717, 1.165) is 31.7 Å². The van der Waals surface area contributed by atoms with Crippen LogP contribution in [0.15, 0.2) is 47.5 Å². The second-order valence-electron chi connectivity index (χ2n) is 6.66. The molecule has 0 aliphatic carbocycles. The van der Waals surface area contributed by atoms with Gasteiger partial charge in [-0.25, -0.2) is 0 Å². The Bertz CT molecular complexity index is 743. The molecule has 2 aliphatic rings. The van der Waals surface area contributed by atoms with Gasteiger partial charge in [-0.05, 0) is 30.0 Å². The third kappa shape index (κ3) is 2.60. The smallest absolute Gasteiger partial charge is 0.251 e. The van der Waals surface area contributed by atoms with E-state index in [0.29, 0.717) is 11.8 Å². The molecule has 0 spiro atoms. The lowest BCUT2D eigenvalue weighted by molar-refractivity contribution is 0.0580. The van der Waals surface area contributed by atoms with E-state index in [1.165, 1.54) is 5.56 Å². The maximum atomic E-state index is 12.3. The topological polar surface area (TPSA) is 58.4 Å². The fraction of sp³-hybridized carbons (Fsp3) is 0.444. The molecular formula is C18H21N3O2. The number of fused-ring (bicyclic) bond motifs is 4. The number of nitrogens with zero attached hydrogens (tertiary/aromatic N) is 3. The van der Waals surface area contributed by atoms with Crippen molar-refractivity contribution in [2.24, 2.45) is 5.92 Å². The van der Waals surface area contributed by atoms with Crippen LogP contribution >= 0.6 is 0 Å². The molecule has 4 heterocycles. The Kier molecular flexibility index (Phi) is 3.75. The van der Waals surface area contributed by atoms with Crippen molar-refractivity contribution in [3.63, 3.8) is 0 Å². The van der Waals surface area contributed by atoms with Gasteiger partial charge in [-0.15, -0.1) is 0 Å². The van der Waals surface area contributed by atoms with Crippen LogP contribution in [0.5, 0.6) is 0 Å². The number of aliphatic hydroxyl groups is 1. The quantitative estimate of drug-likeness (QED) is 0.931. The number of aromatic nitrogens is 2. The zero-order valence-corrected chi connectivity index (χ0v) is 13.0. The lowest BCUT2D eigenvalue weighted by atomic mass is 9.78. The Morgan fingerprint density at radius 2 is 2.13 bits per heavy atom. The first-order valence-electron chi connectivity index (χ1n) is 8.20. The van der Waals surface area contributed by atoms with Gasteiger partial charge in [0.1, 0.15) is 0 Å². The Labute approximate surface area is 135 Å². The molecule has 2 aliphatic heterocycles. The fourth-order valence-electron chi connectivity index (χ4n) is 4.25. The molecule has 2 aromatic rings. The van der Waals surface area contributed by atoms with E-state index in [-0.39, 0.29) is 18.2 Å². The van der Waals surface area contributed by atoms with E-state index in [9.17, 15) is 9.90 Å². The minimum atomic E-state index is -0.105. The first kappa shape index (κ1) is 14.6. The van der Waals surface area contributed by atoms with Gasteiger partial charge in [-0.2, -0.15) is 0 Å². The molecule has 5 nitrogen and oxygen atoms in total. The highest BCUT2D eigenvalue weighted by molar-refractivity contribution is 5.19. The molecule has 4 rings (SSSR count). The molecule has 1 N–H and O–H groups in total. The van der Waals surface area contributed by atoms with Crippen molar-refractivity contribution in [3.8, 4) is 0 Å². The highest BCUT2D eigenvalue weighted by Gasteiger charge is 2.40. The average molecular weight is 311 g/mol. The van der Waals surface area contributed by atoms with Crippen LogP contribution in [0.3, 0.4) is 0 Å². The second kappa shape index (κ2) is 5.91. The monoisotopic (exact) mass is 311 g/mol. The lowest BCUT2D eigenvalue weighted by Crippen LogP contribution is -2.50. The minimum Gasteiger partial charge on any atom is -0.394 e. The maximum absolute atomic E-state index is 12.3. The molecule has 1 saturated heterocycles. The van der Waals surface area contributed by atoms with Gasteiger partial charge in [0.05, 0.1) is 12.6 Å². The van der Waals surface area contributed by atoms with Crippen molar-refractivity contribution in [1.82, 2.24) is 14.5 Å². The summed E-state index contributed by atoms with van der Waals surface area (Å²) in [5.41, 5.74) is 2.29. The van der Waals surface area contributed by atoms with Gasteiger partial charge >= 0.3 is 0 Å². The van der Waals surface area contributed by atoms with E-state index in [1.807, 2.05) is 29.0 Å². The summed E-state index contributed by atoms with van der Waals surface area (Å²) < 4.78 is 1.83. The second-order valence-corrected chi connectivity index (χ2v) is 6.66. The molecule has 0 saturated carbocycles. The van der Waals surface area contributed by atoms with Gasteiger partial charge in [0, 0.05) is 49.7 Å². The number of hydrogen-bond donors (Lipinski definition) is 1. The number of rotatable bonds is 3. The molecule has 0 radical (unpaired) electrons. The van der Waals surface area contributed by atoms with E-state index in [1.54, 1.807) is 12.3 Å². The summed E-state index contributed by atoms with van der Waals surface area (Å²) in [5, 5.41) is 9.86. The van der Waals surface area contributed by atoms with Crippen LogP contribution < -0.4 is 5.56 Å². The standard InChI is InChI=1S/C18H21N3O2/c22-12-17-15-7-14(16-4-1-5-18(23)21(16)17)10-20(11-15)9-13-3-2-6-19-8-13/h1-6,8,14-15,17,22H,7,9-12H2/t14-,15+,17+/m1/s1. The lowest BCUT2D eigenvalue weighted by Gasteiger charge is -2.46. The highest BCUT2D eigenvalue weighted by Crippen LogP contribution is 2.41. The zero-order valence-electron chi connectivity index (χ0n) is 13.0. The molecule has 1 fully saturated rings. The molecule has 2 bridgehead atoms. The van der Waals surface area contributed by atoms with Crippen LogP contribution in [-0.4, -0.2) is 39.3 Å². The molecule has 5 heteroatoms. The van der Waals surface area contributed by atoms with Gasteiger partial charge in [0.25, 0.3) is 5.56 Å². The number of aliphatic hydroxyl groups excluding tert-OH is 1. The largest absolute Gasteiger partial charge is 0.394 e. The Balaban J connectivity index is 1.65. The van der Waals surface area contributed by atoms with Crippen molar-refractivity contribution >= 4 is 0 Å². The SMILES string of the molecule is O=c1cccc2n1[C@@H](CO)[C@H]1C[C@@H]2CN(Cc2cccnc2)C1. The van der Waals surface area contributed by atoms with E-state index >= 15 is 0 Å². The molecule has 23 heavy (non-hydrogen) atoms. The summed E-state index contributed by atoms with van der Waals surface area (Å²) in [7, 11) is 0. The van der Waals surface area contributed by atoms with Crippen LogP contribution in [-0.2, 0) is 6.54 Å². The van der Waals surface area contributed by atoms with Crippen molar-refractivity contribution < 1.29 is 5.11 Å². The van der Waals surface area contributed by atoms with E-state index < -0.39 is 0 Å². The summed E-state index contributed by atoms with van der Waals surface area (Å²) in [4.78, 5) is 18.9. The molecule has 2 aromatic heterocycles. The molecule has 0 amide bonds. The molecular weight excluding hydrogens is 290 g/mol. The van der Waals surface area contributed by atoms with E-state index in [4.69, 9.17) is 0 Å². The third-order valence-corrected chi connectivity index (χ3v) is 5.19. The number of likely N-dealkylation sites (tertiary alicyclic amines) is 1. The summed E-state index contributed by atoms with van der Waals surface area (Å²) in [6.07, 6.45) is 4.75. The number of pyridine rings is 2. The molecule has 120 valence electrons. The average Bonchev–Trinajstić information content (AvgIpc) is 2.57. The Morgan fingerprint density at radius 1 is 1.22 bits per heavy atom. The number of hydrogen-bond acceptors (Lipinski definition) is 4. The van der Waals surface area contributed by atoms with Gasteiger partial charge in [0.15, 0.2) is 0 Å². The van der Waals surface area contributed by atoms with Crippen molar-refractivity contribution in [3.05, 3.63) is 64.3 Å². The summed E-state index contributed by atoms with van der Waals surface area (Å²) in [5.74, 6) is 0.685. The maximum Gasteiger partial charge on any atom is 0.251 e. The number of piperidine rings is 1. The summed E-state index contributed by atoms with van der Waals surface area (Å²) in [6, 6.07) is 9.43. The van der Waals surface area contributed by atoms with Crippen LogP contribution in [0.1, 0.15) is 29.6 Å². The fourth-order valence-corrected chi connectivity index (χ4v) is 4.25. The predicted molar refractivity (Wildman–Crippen MR) is 87.2 cm³/mol. The predicted octanol–water partition coefficient (Wildman–Crippen LogP) is 1.40. The molecule has 3 atom stereocenters. The first-order valence-corrected chi connectivity index (χ1v) is 8.20. The Morgan fingerprint density at radius 3 is 2.91 bits per heavy atom. The summed E-state index contributed by atoms with van der Waals surface area (Å²) >= 11 is 0. The Hall–Kier alpha value is -1.98. The van der Waals surface area contributed by atoms with E-state index in [2.05, 4.69) is 16.0 Å². The first-order chi connectivity index (χ1) is 11.3. The van der Waals surface area contributed by atoms with Crippen molar-refractivity contribution in [2.75, 3.05) is 19.7 Å². The van der Waals surface area contributed by atoms with Crippen LogP contribution in [0.25, 0.3) is 0 Å². The minimum absolute atomic E-state index is 0.0111. The van der Waals surface area contributed by atoms with Crippen molar-refractivity contribution in [2.45, 2.75) is 24.9 Å². The third-order valence-electron chi connectivity index (χ3n) is 5.19. The highest BCUT2D eigenvalue weighted by atomic mass is 16.3. The van der Waals surface area contributed by atoms with Crippen molar-refractivity contribution in [1.29, 1.82) is 0 Å². The van der Waals surface area contributed by atoms with Crippen LogP contribution in [0.2, 0.25) is 0 Å². The van der Waals surface area contributed by atoms with Crippen LogP contribution in [0, 0.1) is 5.92 Å². The molecule has 0 unspecified atom stereocenters. The normalized spacial score (nSPS) is 26.7. The van der Waals surface area contributed by atoms with Gasteiger partial charge in [-0.3, -0.25) is 14.7 Å². The van der Waals surface area contributed by atoms with Crippen LogP contribution in [0.4, 0.5) is 0 Å². The summed E-state index contributed by atoms with van der Waals surface area (Å²) in [6.45, 7) is 2.76. The van der Waals surface area contributed by atoms with Gasteiger partial charge < -0.3 is 9.67 Å². The molecule has 0 aromatic carbocycles.